The van der Waals surface area contributed by atoms with Crippen LogP contribution in [-0.2, 0) is 10.3 Å². The second-order valence-corrected chi connectivity index (χ2v) is 6.95. The monoisotopic (exact) mass is 373 g/mol. The van der Waals surface area contributed by atoms with E-state index in [1.165, 1.54) is 0 Å². The molecule has 3 aromatic carbocycles. The van der Waals surface area contributed by atoms with E-state index in [2.05, 4.69) is 22.4 Å². The fourth-order valence-electron chi connectivity index (χ4n) is 3.51. The van der Waals surface area contributed by atoms with Gasteiger partial charge in [0.05, 0.1) is 5.52 Å². The molecule has 0 saturated carbocycles. The number of hydrogen-bond donors (Lipinski definition) is 0. The molecule has 5 rings (SSSR count). The molecule has 0 bridgehead atoms. The number of epoxide rings is 1. The average Bonchev–Trinajstić information content (AvgIpc) is 3.31. The van der Waals surface area contributed by atoms with Gasteiger partial charge < -0.3 is 4.74 Å². The first kappa shape index (κ1) is 16.2. The number of ether oxygens (including phenoxy) is 1. The molecule has 0 spiro atoms. The Hall–Kier alpha value is -2.95. The molecule has 4 aromatic rings. The van der Waals surface area contributed by atoms with Crippen LogP contribution in [0.3, 0.4) is 0 Å². The van der Waals surface area contributed by atoms with Gasteiger partial charge in [-0.2, -0.15) is 0 Å². The van der Waals surface area contributed by atoms with Crippen molar-refractivity contribution in [2.75, 3.05) is 0 Å². The van der Waals surface area contributed by atoms with E-state index in [1.54, 1.807) is 4.68 Å². The van der Waals surface area contributed by atoms with Gasteiger partial charge in [0.15, 0.2) is 0 Å². The molecule has 132 valence electrons. The summed E-state index contributed by atoms with van der Waals surface area (Å²) in [5, 5.41) is 9.10. The van der Waals surface area contributed by atoms with Crippen LogP contribution < -0.4 is 0 Å². The van der Waals surface area contributed by atoms with Gasteiger partial charge in [-0.3, -0.25) is 0 Å². The fraction of sp³-hybridized carbons (Fsp3) is 0.0909. The van der Waals surface area contributed by atoms with Crippen molar-refractivity contribution in [1.82, 2.24) is 15.0 Å². The average molecular weight is 374 g/mol. The number of rotatable bonds is 4. The zero-order valence-electron chi connectivity index (χ0n) is 14.4. The Kier molecular flexibility index (Phi) is 3.81. The smallest absolute Gasteiger partial charge is 0.149 e. The molecule has 0 N–H and O–H groups in total. The zero-order valence-corrected chi connectivity index (χ0v) is 15.1. The van der Waals surface area contributed by atoms with Gasteiger partial charge in [0, 0.05) is 11.2 Å². The summed E-state index contributed by atoms with van der Waals surface area (Å²) in [5.74, 6) is 0. The molecule has 1 aromatic heterocycles. The highest BCUT2D eigenvalue weighted by Crippen LogP contribution is 2.52. The lowest BCUT2D eigenvalue weighted by Crippen LogP contribution is -2.14. The molecule has 0 radical (unpaired) electrons. The predicted molar refractivity (Wildman–Crippen MR) is 106 cm³/mol. The largest absolute Gasteiger partial charge is 0.351 e. The highest BCUT2D eigenvalue weighted by molar-refractivity contribution is 6.30. The van der Waals surface area contributed by atoms with E-state index < -0.39 is 5.60 Å². The van der Waals surface area contributed by atoms with Crippen molar-refractivity contribution in [3.63, 3.8) is 0 Å². The standard InChI is InChI=1S/C22H16ClN3O/c23-18-12-10-17(11-13-18)22(16-6-2-1-3-7-16)21(27-22)14-15-26-20-9-5-4-8-19(20)24-25-26/h1-15,21H/b15-14+. The minimum absolute atomic E-state index is 0.0935. The van der Waals surface area contributed by atoms with Crippen molar-refractivity contribution in [1.29, 1.82) is 0 Å². The first-order valence-electron chi connectivity index (χ1n) is 8.75. The molecule has 1 saturated heterocycles. The van der Waals surface area contributed by atoms with Crippen molar-refractivity contribution in [3.8, 4) is 0 Å². The number of nitrogens with zero attached hydrogens (tertiary/aromatic N) is 3. The Bertz CT molecular complexity index is 1120. The lowest BCUT2D eigenvalue weighted by Gasteiger charge is -2.13. The normalized spacial score (nSPS) is 21.7. The summed E-state index contributed by atoms with van der Waals surface area (Å²) >= 11 is 6.08. The maximum Gasteiger partial charge on any atom is 0.149 e. The van der Waals surface area contributed by atoms with E-state index in [9.17, 15) is 0 Å². The zero-order chi connectivity index (χ0) is 18.3. The van der Waals surface area contributed by atoms with Gasteiger partial charge in [-0.05, 0) is 41.5 Å². The van der Waals surface area contributed by atoms with Gasteiger partial charge in [-0.1, -0.05) is 71.4 Å². The number of para-hydroxylation sites is 1. The number of hydrogen-bond acceptors (Lipinski definition) is 3. The van der Waals surface area contributed by atoms with Gasteiger partial charge in [-0.25, -0.2) is 4.68 Å². The summed E-state index contributed by atoms with van der Waals surface area (Å²) < 4.78 is 8.01. The first-order valence-corrected chi connectivity index (χ1v) is 9.13. The van der Waals surface area contributed by atoms with Gasteiger partial charge in [-0.15, -0.1) is 5.10 Å². The summed E-state index contributed by atoms with van der Waals surface area (Å²) in [7, 11) is 0. The van der Waals surface area contributed by atoms with E-state index in [0.717, 1.165) is 22.2 Å². The molecule has 1 aliphatic rings. The lowest BCUT2D eigenvalue weighted by molar-refractivity contribution is 0.338. The van der Waals surface area contributed by atoms with Gasteiger partial charge in [0.1, 0.15) is 17.2 Å². The SMILES string of the molecule is Clc1ccc(C2(c3ccccc3)OC2/C=C/n2nnc3ccccc32)cc1. The molecule has 2 heterocycles. The third-order valence-electron chi connectivity index (χ3n) is 4.91. The van der Waals surface area contributed by atoms with Gasteiger partial charge >= 0.3 is 0 Å². The van der Waals surface area contributed by atoms with E-state index >= 15 is 0 Å². The lowest BCUT2D eigenvalue weighted by atomic mass is 9.88. The van der Waals surface area contributed by atoms with Crippen molar-refractivity contribution in [3.05, 3.63) is 101 Å². The van der Waals surface area contributed by atoms with Crippen molar-refractivity contribution in [2.24, 2.45) is 0 Å². The second kappa shape index (κ2) is 6.34. The third-order valence-corrected chi connectivity index (χ3v) is 5.16. The van der Waals surface area contributed by atoms with Crippen LogP contribution in [-0.4, -0.2) is 21.1 Å². The maximum atomic E-state index is 6.24. The molecular formula is C22H16ClN3O. The van der Waals surface area contributed by atoms with Crippen molar-refractivity contribution >= 4 is 28.8 Å². The Morgan fingerprint density at radius 2 is 1.59 bits per heavy atom. The number of fused-ring (bicyclic) bond motifs is 1. The molecule has 1 fully saturated rings. The molecule has 4 nitrogen and oxygen atoms in total. The van der Waals surface area contributed by atoms with E-state index in [0.29, 0.717) is 5.02 Å². The summed E-state index contributed by atoms with van der Waals surface area (Å²) in [5.41, 5.74) is 3.53. The Morgan fingerprint density at radius 3 is 2.41 bits per heavy atom. The summed E-state index contributed by atoms with van der Waals surface area (Å²) in [6.07, 6.45) is 3.85. The van der Waals surface area contributed by atoms with Crippen LogP contribution in [0.5, 0.6) is 0 Å². The minimum atomic E-state index is -0.501. The molecule has 27 heavy (non-hydrogen) atoms. The number of aromatic nitrogens is 3. The van der Waals surface area contributed by atoms with Gasteiger partial charge in [0.25, 0.3) is 0 Å². The maximum absolute atomic E-state index is 6.24. The van der Waals surface area contributed by atoms with E-state index in [-0.39, 0.29) is 6.10 Å². The first-order chi connectivity index (χ1) is 13.3. The Labute approximate surface area is 161 Å². The van der Waals surface area contributed by atoms with Crippen molar-refractivity contribution < 1.29 is 4.74 Å². The van der Waals surface area contributed by atoms with E-state index in [4.69, 9.17) is 16.3 Å². The highest BCUT2D eigenvalue weighted by Gasteiger charge is 2.57. The summed E-state index contributed by atoms with van der Waals surface area (Å²) in [6, 6.07) is 26.0. The number of benzene rings is 3. The molecule has 5 heteroatoms. The molecule has 0 amide bonds. The predicted octanol–water partition coefficient (Wildman–Crippen LogP) is 4.90. The van der Waals surface area contributed by atoms with Crippen LogP contribution in [0, 0.1) is 0 Å². The summed E-state index contributed by atoms with van der Waals surface area (Å²) in [4.78, 5) is 0. The number of halogens is 1. The highest BCUT2D eigenvalue weighted by atomic mass is 35.5. The van der Waals surface area contributed by atoms with Crippen LogP contribution in [0.25, 0.3) is 17.2 Å². The minimum Gasteiger partial charge on any atom is -0.351 e. The van der Waals surface area contributed by atoms with Crippen LogP contribution in [0.4, 0.5) is 0 Å². The van der Waals surface area contributed by atoms with Crippen LogP contribution >= 0.6 is 11.6 Å². The molecule has 2 unspecified atom stereocenters. The second-order valence-electron chi connectivity index (χ2n) is 6.51. The fourth-order valence-corrected chi connectivity index (χ4v) is 3.64. The molecule has 2 atom stereocenters. The van der Waals surface area contributed by atoms with Crippen molar-refractivity contribution in [2.45, 2.75) is 11.7 Å². The third kappa shape index (κ3) is 2.74. The van der Waals surface area contributed by atoms with Crippen LogP contribution in [0.15, 0.2) is 84.9 Å². The van der Waals surface area contributed by atoms with Gasteiger partial charge in [0.2, 0.25) is 0 Å². The Morgan fingerprint density at radius 1 is 0.889 bits per heavy atom. The molecule has 0 aliphatic carbocycles. The van der Waals surface area contributed by atoms with E-state index in [1.807, 2.05) is 79.0 Å². The quantitative estimate of drug-likeness (QED) is 0.478. The Balaban J connectivity index is 1.52. The van der Waals surface area contributed by atoms with Crippen LogP contribution in [0.1, 0.15) is 11.1 Å². The van der Waals surface area contributed by atoms with Crippen LogP contribution in [0.2, 0.25) is 5.02 Å². The topological polar surface area (TPSA) is 43.2 Å². The molecule has 1 aliphatic heterocycles. The molecular weight excluding hydrogens is 358 g/mol. The summed E-state index contributed by atoms with van der Waals surface area (Å²) in [6.45, 7) is 0.